The molecule has 2 heterocycles. The van der Waals surface area contributed by atoms with Gasteiger partial charge in [-0.3, -0.25) is 4.79 Å². The number of nitrogens with one attached hydrogen (secondary N) is 1. The maximum atomic E-state index is 11.8. The predicted octanol–water partition coefficient (Wildman–Crippen LogP) is 1.58. The first-order valence-corrected chi connectivity index (χ1v) is 6.94. The molecular formula is C13H20Cl3N3O3. The van der Waals surface area contributed by atoms with E-state index in [0.717, 1.165) is 6.42 Å². The highest BCUT2D eigenvalue weighted by molar-refractivity contribution is 6.30. The van der Waals surface area contributed by atoms with Crippen LogP contribution in [0.4, 0.5) is 0 Å². The number of carbonyl (C=O) groups excluding carboxylic acids is 1. The van der Waals surface area contributed by atoms with Crippen molar-refractivity contribution in [2.75, 3.05) is 19.7 Å². The molecule has 3 N–H and O–H groups in total. The number of hydrogen-bond acceptors (Lipinski definition) is 5. The van der Waals surface area contributed by atoms with Crippen molar-refractivity contribution in [3.05, 3.63) is 23.4 Å². The fourth-order valence-electron chi connectivity index (χ4n) is 1.96. The van der Waals surface area contributed by atoms with E-state index in [1.165, 1.54) is 6.20 Å². The Kier molecular flexibility index (Phi) is 10.5. The number of rotatable bonds is 6. The Labute approximate surface area is 146 Å². The molecule has 1 aliphatic heterocycles. The van der Waals surface area contributed by atoms with Crippen LogP contribution >= 0.6 is 36.4 Å². The average molecular weight is 373 g/mol. The molecule has 0 bridgehead atoms. The third-order valence-electron chi connectivity index (χ3n) is 3.01. The van der Waals surface area contributed by atoms with E-state index in [4.69, 9.17) is 26.8 Å². The van der Waals surface area contributed by atoms with Crippen LogP contribution in [0.15, 0.2) is 18.3 Å². The highest BCUT2D eigenvalue weighted by Gasteiger charge is 2.29. The summed E-state index contributed by atoms with van der Waals surface area (Å²) < 4.78 is 10.9. The summed E-state index contributed by atoms with van der Waals surface area (Å²) >= 11 is 5.71. The molecule has 1 aromatic heterocycles. The van der Waals surface area contributed by atoms with Crippen LogP contribution in [0.2, 0.25) is 5.02 Å². The number of ether oxygens (including phenoxy) is 2. The normalized spacial score (nSPS) is 19.7. The van der Waals surface area contributed by atoms with Crippen LogP contribution in [0.25, 0.3) is 0 Å². The molecule has 9 heteroatoms. The minimum Gasteiger partial charge on any atom is -0.476 e. The van der Waals surface area contributed by atoms with E-state index in [0.29, 0.717) is 37.0 Å². The Bertz CT molecular complexity index is 448. The molecule has 6 nitrogen and oxygen atoms in total. The molecular weight excluding hydrogens is 353 g/mol. The second kappa shape index (κ2) is 10.9. The van der Waals surface area contributed by atoms with Crippen molar-refractivity contribution in [3.63, 3.8) is 0 Å². The lowest BCUT2D eigenvalue weighted by Gasteiger charge is -2.12. The fourth-order valence-corrected chi connectivity index (χ4v) is 2.08. The number of aromatic nitrogens is 1. The Balaban J connectivity index is 0.00000220. The molecule has 1 aliphatic rings. The molecule has 0 aliphatic carbocycles. The van der Waals surface area contributed by atoms with Gasteiger partial charge >= 0.3 is 0 Å². The van der Waals surface area contributed by atoms with Gasteiger partial charge in [-0.05, 0) is 18.9 Å². The summed E-state index contributed by atoms with van der Waals surface area (Å²) in [5.74, 6) is 0.359. The second-order valence-electron chi connectivity index (χ2n) is 4.51. The Morgan fingerprint density at radius 2 is 2.23 bits per heavy atom. The van der Waals surface area contributed by atoms with Gasteiger partial charge in [0.05, 0.1) is 17.7 Å². The van der Waals surface area contributed by atoms with E-state index >= 15 is 0 Å². The number of halogens is 3. The van der Waals surface area contributed by atoms with Crippen LogP contribution in [0.5, 0.6) is 5.88 Å². The number of carbonyl (C=O) groups is 1. The molecule has 1 fully saturated rings. The Hall–Kier alpha value is -0.790. The van der Waals surface area contributed by atoms with E-state index in [9.17, 15) is 4.79 Å². The molecule has 0 spiro atoms. The average Bonchev–Trinajstić information content (AvgIpc) is 2.94. The predicted molar refractivity (Wildman–Crippen MR) is 89.2 cm³/mol. The van der Waals surface area contributed by atoms with Crippen molar-refractivity contribution >= 4 is 42.3 Å². The van der Waals surface area contributed by atoms with Crippen LogP contribution in [0, 0.1) is 0 Å². The first-order chi connectivity index (χ1) is 9.69. The topological polar surface area (TPSA) is 86.5 Å². The van der Waals surface area contributed by atoms with E-state index < -0.39 is 6.10 Å². The summed E-state index contributed by atoms with van der Waals surface area (Å²) in [6.45, 7) is 1.19. The number of pyridine rings is 1. The van der Waals surface area contributed by atoms with Gasteiger partial charge in [0.2, 0.25) is 11.8 Å². The molecule has 22 heavy (non-hydrogen) atoms. The lowest BCUT2D eigenvalue weighted by molar-refractivity contribution is -0.131. The lowest BCUT2D eigenvalue weighted by Crippen LogP contribution is -2.37. The third kappa shape index (κ3) is 6.54. The van der Waals surface area contributed by atoms with Gasteiger partial charge in [0.15, 0.2) is 0 Å². The molecule has 1 amide bonds. The first kappa shape index (κ1) is 21.2. The van der Waals surface area contributed by atoms with Crippen molar-refractivity contribution < 1.29 is 14.3 Å². The van der Waals surface area contributed by atoms with Gasteiger partial charge in [0.1, 0.15) is 12.7 Å². The molecule has 2 rings (SSSR count). The van der Waals surface area contributed by atoms with Crippen LogP contribution in [-0.4, -0.2) is 42.8 Å². The number of nitrogens with two attached hydrogens (primary N) is 1. The van der Waals surface area contributed by atoms with Gasteiger partial charge in [-0.15, -0.1) is 24.8 Å². The maximum absolute atomic E-state index is 11.8. The fraction of sp³-hybridized carbons (Fsp3) is 0.538. The largest absolute Gasteiger partial charge is 0.476 e. The van der Waals surface area contributed by atoms with Crippen molar-refractivity contribution in [2.45, 2.75) is 25.0 Å². The standard InChI is InChI=1S/C13H18ClN3O3.2ClH/c14-9-1-4-12(17-8-9)19-6-5-16-13(18)11-3-2-10(7-15)20-11;;/h1,4,8,10-11H,2-3,5-7,15H2,(H,16,18);2*1H/t10-,11+;;/m1../s1. The van der Waals surface area contributed by atoms with Crippen LogP contribution in [-0.2, 0) is 9.53 Å². The molecule has 0 radical (unpaired) electrons. The zero-order chi connectivity index (χ0) is 14.4. The quantitative estimate of drug-likeness (QED) is 0.740. The molecule has 0 unspecified atom stereocenters. The van der Waals surface area contributed by atoms with Crippen molar-refractivity contribution in [2.24, 2.45) is 5.73 Å². The molecule has 126 valence electrons. The maximum Gasteiger partial charge on any atom is 0.249 e. The van der Waals surface area contributed by atoms with Crippen LogP contribution in [0.3, 0.4) is 0 Å². The number of hydrogen-bond donors (Lipinski definition) is 2. The highest BCUT2D eigenvalue weighted by atomic mass is 35.5. The smallest absolute Gasteiger partial charge is 0.249 e. The van der Waals surface area contributed by atoms with Gasteiger partial charge in [-0.25, -0.2) is 4.98 Å². The minimum absolute atomic E-state index is 0. The van der Waals surface area contributed by atoms with E-state index in [1.54, 1.807) is 12.1 Å². The molecule has 0 saturated carbocycles. The van der Waals surface area contributed by atoms with E-state index in [2.05, 4.69) is 10.3 Å². The van der Waals surface area contributed by atoms with E-state index in [-0.39, 0.29) is 36.8 Å². The first-order valence-electron chi connectivity index (χ1n) is 6.56. The van der Waals surface area contributed by atoms with Crippen LogP contribution in [0.1, 0.15) is 12.8 Å². The highest BCUT2D eigenvalue weighted by Crippen LogP contribution is 2.18. The van der Waals surface area contributed by atoms with Gasteiger partial charge < -0.3 is 20.5 Å². The van der Waals surface area contributed by atoms with Crippen molar-refractivity contribution in [1.82, 2.24) is 10.3 Å². The summed E-state index contributed by atoms with van der Waals surface area (Å²) in [7, 11) is 0. The monoisotopic (exact) mass is 371 g/mol. The summed E-state index contributed by atoms with van der Waals surface area (Å²) in [5, 5.41) is 3.32. The minimum atomic E-state index is -0.391. The molecule has 1 aromatic rings. The van der Waals surface area contributed by atoms with Gasteiger partial charge in [0, 0.05) is 18.8 Å². The number of amides is 1. The summed E-state index contributed by atoms with van der Waals surface area (Å²) in [5.41, 5.74) is 5.50. The van der Waals surface area contributed by atoms with Gasteiger partial charge in [-0.1, -0.05) is 11.6 Å². The number of nitrogens with zero attached hydrogens (tertiary/aromatic N) is 1. The molecule has 1 saturated heterocycles. The van der Waals surface area contributed by atoms with Crippen molar-refractivity contribution in [3.8, 4) is 5.88 Å². The zero-order valence-electron chi connectivity index (χ0n) is 11.9. The third-order valence-corrected chi connectivity index (χ3v) is 3.24. The summed E-state index contributed by atoms with van der Waals surface area (Å²) in [6.07, 6.45) is 2.67. The summed E-state index contributed by atoms with van der Waals surface area (Å²) in [4.78, 5) is 15.8. The SMILES string of the molecule is Cl.Cl.NC[C@H]1CC[C@@H](C(=O)NCCOc2ccc(Cl)cn2)O1. The second-order valence-corrected chi connectivity index (χ2v) is 4.95. The zero-order valence-corrected chi connectivity index (χ0v) is 14.3. The van der Waals surface area contributed by atoms with E-state index in [1.807, 2.05) is 0 Å². The van der Waals surface area contributed by atoms with Gasteiger partial charge in [-0.2, -0.15) is 0 Å². The van der Waals surface area contributed by atoms with Gasteiger partial charge in [0.25, 0.3) is 0 Å². The Morgan fingerprint density at radius 1 is 1.45 bits per heavy atom. The van der Waals surface area contributed by atoms with Crippen molar-refractivity contribution in [1.29, 1.82) is 0 Å². The Morgan fingerprint density at radius 3 is 2.82 bits per heavy atom. The lowest BCUT2D eigenvalue weighted by atomic mass is 10.2. The van der Waals surface area contributed by atoms with Crippen LogP contribution < -0.4 is 15.8 Å². The summed E-state index contributed by atoms with van der Waals surface area (Å²) in [6, 6.07) is 3.37. The molecule has 0 aromatic carbocycles. The molecule has 2 atom stereocenters.